The fourth-order valence-corrected chi connectivity index (χ4v) is 4.20. The van der Waals surface area contributed by atoms with E-state index in [9.17, 15) is 14.4 Å². The van der Waals surface area contributed by atoms with Crippen LogP contribution in [0.15, 0.2) is 56.8 Å². The summed E-state index contributed by atoms with van der Waals surface area (Å²) in [6, 6.07) is 11.9. The van der Waals surface area contributed by atoms with Gasteiger partial charge in [0.05, 0.1) is 20.1 Å². The van der Waals surface area contributed by atoms with Crippen molar-refractivity contribution < 1.29 is 19.1 Å². The zero-order valence-corrected chi connectivity index (χ0v) is 18.5. The molecule has 29 heavy (non-hydrogen) atoms. The summed E-state index contributed by atoms with van der Waals surface area (Å²) in [6.45, 7) is 2.69. The predicted molar refractivity (Wildman–Crippen MR) is 118 cm³/mol. The number of amidine groups is 1. The van der Waals surface area contributed by atoms with E-state index >= 15 is 0 Å². The average Bonchev–Trinajstić information content (AvgIpc) is 2.98. The number of para-hydroxylation sites is 1. The molecule has 0 saturated heterocycles. The number of carbonyl (C=O) groups excluding carboxylic acids is 3. The van der Waals surface area contributed by atoms with Gasteiger partial charge in [0.25, 0.3) is 5.91 Å². The van der Waals surface area contributed by atoms with Crippen molar-refractivity contribution in [3.8, 4) is 5.75 Å². The second-order valence-corrected chi connectivity index (χ2v) is 8.17. The fourth-order valence-electron chi connectivity index (χ4n) is 2.53. The zero-order valence-electron chi connectivity index (χ0n) is 15.3. The van der Waals surface area contributed by atoms with Gasteiger partial charge in [0, 0.05) is 13.8 Å². The molecule has 2 amide bonds. The summed E-state index contributed by atoms with van der Waals surface area (Å²) in [6.07, 6.45) is 1.65. The van der Waals surface area contributed by atoms with Crippen molar-refractivity contribution in [3.05, 3.63) is 62.4 Å². The van der Waals surface area contributed by atoms with E-state index in [0.717, 1.165) is 11.8 Å². The van der Waals surface area contributed by atoms with Crippen molar-refractivity contribution in [1.29, 1.82) is 0 Å². The number of anilines is 1. The maximum Gasteiger partial charge on any atom is 0.308 e. The van der Waals surface area contributed by atoms with Crippen LogP contribution in [0, 0.1) is 0 Å². The van der Waals surface area contributed by atoms with Crippen LogP contribution in [0.3, 0.4) is 0 Å². The Kier molecular flexibility index (Phi) is 6.56. The Morgan fingerprint density at radius 3 is 2.55 bits per heavy atom. The molecule has 0 spiro atoms. The monoisotopic (exact) mass is 492 g/mol. The van der Waals surface area contributed by atoms with Crippen molar-refractivity contribution in [2.24, 2.45) is 4.99 Å². The highest BCUT2D eigenvalue weighted by Gasteiger charge is 2.30. The second-order valence-electron chi connectivity index (χ2n) is 5.90. The van der Waals surface area contributed by atoms with Crippen molar-refractivity contribution in [1.82, 2.24) is 0 Å². The van der Waals surface area contributed by atoms with Gasteiger partial charge >= 0.3 is 5.97 Å². The van der Waals surface area contributed by atoms with Gasteiger partial charge in [-0.05, 0) is 63.6 Å². The molecule has 0 radical (unpaired) electrons. The van der Waals surface area contributed by atoms with Crippen molar-refractivity contribution in [2.45, 2.75) is 13.8 Å². The first-order chi connectivity index (χ1) is 13.8. The predicted octanol–water partition coefficient (Wildman–Crippen LogP) is 5.05. The largest absolute Gasteiger partial charge is 0.426 e. The van der Waals surface area contributed by atoms with Gasteiger partial charge < -0.3 is 4.74 Å². The lowest BCUT2D eigenvalue weighted by atomic mass is 10.2. The standard InChI is InChI=1S/C20H14BrClN2O4S/c1-11(25)24(16-6-4-3-5-15(16)22)20-23-19(27)18(29-20)10-13-7-8-17(14(21)9-13)28-12(2)26/h3-10H,1-2H3/b18-10+. The lowest BCUT2D eigenvalue weighted by Gasteiger charge is -2.20. The summed E-state index contributed by atoms with van der Waals surface area (Å²) in [7, 11) is 0. The van der Waals surface area contributed by atoms with Crippen LogP contribution in [0.1, 0.15) is 19.4 Å². The lowest BCUT2D eigenvalue weighted by molar-refractivity contribution is -0.132. The number of rotatable bonds is 3. The van der Waals surface area contributed by atoms with Crippen molar-refractivity contribution in [3.63, 3.8) is 0 Å². The van der Waals surface area contributed by atoms with E-state index in [1.54, 1.807) is 48.5 Å². The summed E-state index contributed by atoms with van der Waals surface area (Å²) in [5, 5.41) is 0.610. The molecule has 1 aliphatic heterocycles. The number of nitrogens with zero attached hydrogens (tertiary/aromatic N) is 2. The summed E-state index contributed by atoms with van der Waals surface area (Å²) in [5.74, 6) is -0.820. The minimum Gasteiger partial charge on any atom is -0.426 e. The topological polar surface area (TPSA) is 76.0 Å². The highest BCUT2D eigenvalue weighted by molar-refractivity contribution is 9.10. The molecule has 0 aliphatic carbocycles. The molecule has 1 heterocycles. The third-order valence-corrected chi connectivity index (χ3v) is 5.62. The molecule has 0 fully saturated rings. The molecular formula is C20H14BrClN2O4S. The normalized spacial score (nSPS) is 14.7. The molecule has 9 heteroatoms. The molecule has 6 nitrogen and oxygen atoms in total. The van der Waals surface area contributed by atoms with Gasteiger partial charge in [-0.15, -0.1) is 0 Å². The van der Waals surface area contributed by atoms with Gasteiger partial charge in [0.1, 0.15) is 5.75 Å². The van der Waals surface area contributed by atoms with Gasteiger partial charge in [-0.25, -0.2) is 0 Å². The Labute approximate surface area is 184 Å². The van der Waals surface area contributed by atoms with E-state index in [4.69, 9.17) is 16.3 Å². The Morgan fingerprint density at radius 2 is 1.93 bits per heavy atom. The van der Waals surface area contributed by atoms with E-state index in [1.165, 1.54) is 18.7 Å². The van der Waals surface area contributed by atoms with Crippen LogP contribution in [-0.2, 0) is 14.4 Å². The molecule has 0 N–H and O–H groups in total. The van der Waals surface area contributed by atoms with Gasteiger partial charge in [-0.3, -0.25) is 19.3 Å². The summed E-state index contributed by atoms with van der Waals surface area (Å²) in [4.78, 5) is 41.4. The number of carbonyl (C=O) groups is 3. The highest BCUT2D eigenvalue weighted by atomic mass is 79.9. The smallest absolute Gasteiger partial charge is 0.308 e. The van der Waals surface area contributed by atoms with E-state index < -0.39 is 11.9 Å². The van der Waals surface area contributed by atoms with Gasteiger partial charge in [-0.1, -0.05) is 29.8 Å². The average molecular weight is 494 g/mol. The van der Waals surface area contributed by atoms with Crippen LogP contribution in [0.4, 0.5) is 5.69 Å². The molecular weight excluding hydrogens is 480 g/mol. The second kappa shape index (κ2) is 8.94. The minimum atomic E-state index is -0.455. The Balaban J connectivity index is 1.88. The molecule has 1 aliphatic rings. The van der Waals surface area contributed by atoms with Crippen LogP contribution < -0.4 is 9.64 Å². The number of benzene rings is 2. The van der Waals surface area contributed by atoms with Gasteiger partial charge in [-0.2, -0.15) is 4.99 Å². The third-order valence-electron chi connectivity index (χ3n) is 3.72. The summed E-state index contributed by atoms with van der Waals surface area (Å²) >= 11 is 10.6. The number of amides is 2. The summed E-state index contributed by atoms with van der Waals surface area (Å²) in [5.41, 5.74) is 1.16. The Hall–Kier alpha value is -2.42. The first-order valence-electron chi connectivity index (χ1n) is 8.32. The van der Waals surface area contributed by atoms with Crippen LogP contribution in [0.25, 0.3) is 6.08 Å². The van der Waals surface area contributed by atoms with E-state index in [2.05, 4.69) is 20.9 Å². The van der Waals surface area contributed by atoms with Gasteiger partial charge in [0.15, 0.2) is 5.17 Å². The number of halogens is 2. The number of esters is 1. The molecule has 0 atom stereocenters. The number of ether oxygens (including phenoxy) is 1. The number of hydrogen-bond acceptors (Lipinski definition) is 5. The number of aliphatic imine (C=N–C) groups is 1. The van der Waals surface area contributed by atoms with Crippen molar-refractivity contribution in [2.75, 3.05) is 4.90 Å². The molecule has 148 valence electrons. The molecule has 2 aromatic rings. The zero-order chi connectivity index (χ0) is 21.1. The molecule has 0 unspecified atom stereocenters. The quantitative estimate of drug-likeness (QED) is 0.340. The van der Waals surface area contributed by atoms with Crippen LogP contribution in [0.2, 0.25) is 5.02 Å². The van der Waals surface area contributed by atoms with Crippen molar-refractivity contribution >= 4 is 74.0 Å². The molecule has 0 aromatic heterocycles. The highest BCUT2D eigenvalue weighted by Crippen LogP contribution is 2.36. The van der Waals surface area contributed by atoms with Crippen LogP contribution in [0.5, 0.6) is 5.75 Å². The molecule has 0 bridgehead atoms. The third kappa shape index (κ3) is 4.95. The molecule has 0 saturated carbocycles. The number of hydrogen-bond donors (Lipinski definition) is 0. The molecule has 3 rings (SSSR count). The SMILES string of the molecule is CC(=O)Oc1ccc(/C=C2/SC(N(C(C)=O)c3ccccc3Cl)=NC2=O)cc1Br. The maximum atomic E-state index is 12.4. The van der Waals surface area contributed by atoms with E-state index in [0.29, 0.717) is 31.4 Å². The summed E-state index contributed by atoms with van der Waals surface area (Å²) < 4.78 is 5.64. The number of thioether (sulfide) groups is 1. The minimum absolute atomic E-state index is 0.234. The first kappa shape index (κ1) is 21.3. The fraction of sp³-hybridized carbons (Fsp3) is 0.100. The lowest BCUT2D eigenvalue weighted by Crippen LogP contribution is -2.32. The Bertz CT molecular complexity index is 1080. The van der Waals surface area contributed by atoms with Gasteiger partial charge in [0.2, 0.25) is 5.91 Å². The van der Waals surface area contributed by atoms with E-state index in [1.807, 2.05) is 0 Å². The van der Waals surface area contributed by atoms with E-state index in [-0.39, 0.29) is 11.1 Å². The maximum absolute atomic E-state index is 12.4. The first-order valence-corrected chi connectivity index (χ1v) is 10.3. The van der Waals surface area contributed by atoms with Crippen LogP contribution in [-0.4, -0.2) is 23.0 Å². The van der Waals surface area contributed by atoms with Crippen LogP contribution >= 0.6 is 39.3 Å². The molecule has 2 aromatic carbocycles. The Morgan fingerprint density at radius 1 is 1.21 bits per heavy atom.